The summed E-state index contributed by atoms with van der Waals surface area (Å²) in [6.45, 7) is 7.00. The third-order valence-corrected chi connectivity index (χ3v) is 4.38. The molecule has 0 radical (unpaired) electrons. The van der Waals surface area contributed by atoms with Gasteiger partial charge < -0.3 is 25.9 Å². The quantitative estimate of drug-likeness (QED) is 0.425. The molecule has 2 amide bonds. The number of amides is 2. The van der Waals surface area contributed by atoms with Gasteiger partial charge in [-0.1, -0.05) is 30.8 Å². The second-order valence-corrected chi connectivity index (χ2v) is 6.80. The van der Waals surface area contributed by atoms with Gasteiger partial charge in [-0.15, -0.1) is 0 Å². The molecule has 0 bridgehead atoms. The largest absolute Gasteiger partial charge is 0.481 e. The number of benzene rings is 1. The van der Waals surface area contributed by atoms with Crippen LogP contribution in [0.5, 0.6) is 0 Å². The van der Waals surface area contributed by atoms with Gasteiger partial charge in [0.1, 0.15) is 18.4 Å². The van der Waals surface area contributed by atoms with E-state index in [1.165, 1.54) is 6.92 Å². The van der Waals surface area contributed by atoms with Crippen LogP contribution in [0.1, 0.15) is 26.0 Å². The number of carbonyl (C=O) groups is 4. The molecule has 30 heavy (non-hydrogen) atoms. The van der Waals surface area contributed by atoms with Crippen molar-refractivity contribution in [3.05, 3.63) is 48.8 Å². The molecule has 0 saturated carbocycles. The summed E-state index contributed by atoms with van der Waals surface area (Å²) < 4.78 is 0. The Morgan fingerprint density at radius 3 is 2.37 bits per heavy atom. The molecule has 2 rings (SSSR count). The summed E-state index contributed by atoms with van der Waals surface area (Å²) in [7, 11) is 0. The molecule has 3 atom stereocenters. The van der Waals surface area contributed by atoms with Crippen LogP contribution in [0.3, 0.4) is 0 Å². The van der Waals surface area contributed by atoms with Crippen molar-refractivity contribution < 1.29 is 24.3 Å². The van der Waals surface area contributed by atoms with E-state index in [0.29, 0.717) is 17.7 Å². The van der Waals surface area contributed by atoms with Crippen LogP contribution in [0.4, 0.5) is 0 Å². The number of rotatable bonds is 10. The number of pyridine rings is 1. The van der Waals surface area contributed by atoms with Crippen LogP contribution in [0.15, 0.2) is 43.1 Å². The first kappa shape index (κ1) is 22.5. The van der Waals surface area contributed by atoms with Gasteiger partial charge in [-0.05, 0) is 25.3 Å². The molecule has 0 unspecified atom stereocenters. The van der Waals surface area contributed by atoms with Crippen molar-refractivity contribution in [2.24, 2.45) is 0 Å². The van der Waals surface area contributed by atoms with E-state index in [9.17, 15) is 19.2 Å². The lowest BCUT2D eigenvalue weighted by Gasteiger charge is -2.21. The first-order valence-corrected chi connectivity index (χ1v) is 9.30. The minimum absolute atomic E-state index is 0.339. The first-order chi connectivity index (χ1) is 14.2. The molecule has 1 aromatic carbocycles. The van der Waals surface area contributed by atoms with Gasteiger partial charge in [0.25, 0.3) is 0 Å². The van der Waals surface area contributed by atoms with E-state index in [0.717, 1.165) is 10.8 Å². The number of hydrogen-bond donors (Lipinski definition) is 4. The maximum Gasteiger partial charge on any atom is 0.305 e. The topological polar surface area (TPSA) is 137 Å². The van der Waals surface area contributed by atoms with E-state index in [2.05, 4.69) is 27.5 Å². The number of aliphatic carboxylic acids is 1. The molecule has 0 spiro atoms. The highest BCUT2D eigenvalue weighted by molar-refractivity contribution is 5.94. The fraction of sp³-hybridized carbons (Fsp3) is 0.286. The molecule has 0 aliphatic carbocycles. The van der Waals surface area contributed by atoms with Crippen molar-refractivity contribution in [2.75, 3.05) is 0 Å². The second-order valence-electron chi connectivity index (χ2n) is 6.80. The number of aromatic nitrogens is 1. The molecule has 9 nitrogen and oxygen atoms in total. The van der Waals surface area contributed by atoms with E-state index in [4.69, 9.17) is 5.11 Å². The minimum Gasteiger partial charge on any atom is -0.481 e. The molecule has 0 aliphatic rings. The summed E-state index contributed by atoms with van der Waals surface area (Å²) in [6, 6.07) is 6.66. The standard InChI is InChI=1S/C21H24N4O5/c1-12(19-17-7-5-4-6-15(17)8-9-22-19)23-13(2)20(29)24-14(3)21(30)25-16(11-26)10-18(27)28/h4-9,11,13-14,16,23H,1,10H2,2-3H3,(H,24,29)(H,25,30)(H,27,28)/t13-,14-,16-/m0/s1. The van der Waals surface area contributed by atoms with Gasteiger partial charge in [-0.25, -0.2) is 0 Å². The highest BCUT2D eigenvalue weighted by Crippen LogP contribution is 2.20. The van der Waals surface area contributed by atoms with Crippen LogP contribution in [0.25, 0.3) is 16.5 Å². The predicted molar refractivity (Wildman–Crippen MR) is 111 cm³/mol. The average Bonchev–Trinajstić information content (AvgIpc) is 2.72. The SMILES string of the molecule is C=C(N[C@@H](C)C(=O)N[C@@H](C)C(=O)N[C@H](C=O)CC(=O)O)c1nccc2ccccc12. The van der Waals surface area contributed by atoms with Gasteiger partial charge >= 0.3 is 5.97 Å². The van der Waals surface area contributed by atoms with E-state index < -0.39 is 42.3 Å². The first-order valence-electron chi connectivity index (χ1n) is 9.30. The number of aldehydes is 1. The molecule has 9 heteroatoms. The van der Waals surface area contributed by atoms with Crippen molar-refractivity contribution in [3.63, 3.8) is 0 Å². The Hall–Kier alpha value is -3.75. The van der Waals surface area contributed by atoms with E-state index in [1.54, 1.807) is 13.1 Å². The third kappa shape index (κ3) is 5.87. The van der Waals surface area contributed by atoms with Crippen molar-refractivity contribution in [1.29, 1.82) is 0 Å². The Labute approximate surface area is 173 Å². The molecule has 2 aromatic rings. The summed E-state index contributed by atoms with van der Waals surface area (Å²) >= 11 is 0. The summed E-state index contributed by atoms with van der Waals surface area (Å²) in [5.41, 5.74) is 1.06. The molecule has 1 aromatic heterocycles. The van der Waals surface area contributed by atoms with Crippen LogP contribution in [-0.4, -0.2) is 52.3 Å². The molecule has 4 N–H and O–H groups in total. The lowest BCUT2D eigenvalue weighted by atomic mass is 10.1. The van der Waals surface area contributed by atoms with Crippen LogP contribution < -0.4 is 16.0 Å². The maximum atomic E-state index is 12.4. The molecule has 158 valence electrons. The summed E-state index contributed by atoms with van der Waals surface area (Å²) in [5, 5.41) is 18.4. The fourth-order valence-electron chi connectivity index (χ4n) is 2.79. The molecule has 1 heterocycles. The molecular weight excluding hydrogens is 388 g/mol. The van der Waals surface area contributed by atoms with E-state index in [-0.39, 0.29) is 0 Å². The highest BCUT2D eigenvalue weighted by Gasteiger charge is 2.23. The van der Waals surface area contributed by atoms with Gasteiger partial charge in [0.15, 0.2) is 0 Å². The zero-order valence-electron chi connectivity index (χ0n) is 16.7. The van der Waals surface area contributed by atoms with Crippen molar-refractivity contribution in [2.45, 2.75) is 38.4 Å². The van der Waals surface area contributed by atoms with Crippen molar-refractivity contribution in [1.82, 2.24) is 20.9 Å². The van der Waals surface area contributed by atoms with Crippen LogP contribution >= 0.6 is 0 Å². The average molecular weight is 412 g/mol. The number of fused-ring (bicyclic) bond motifs is 1. The van der Waals surface area contributed by atoms with Gasteiger partial charge in [0, 0.05) is 11.6 Å². The smallest absolute Gasteiger partial charge is 0.305 e. The number of nitrogens with one attached hydrogen (secondary N) is 3. The van der Waals surface area contributed by atoms with Crippen LogP contribution in [-0.2, 0) is 19.2 Å². The molecule has 0 fully saturated rings. The monoisotopic (exact) mass is 412 g/mol. The van der Waals surface area contributed by atoms with Gasteiger partial charge in [0.2, 0.25) is 11.8 Å². The Balaban J connectivity index is 1.96. The minimum atomic E-state index is -1.22. The van der Waals surface area contributed by atoms with Crippen molar-refractivity contribution in [3.8, 4) is 0 Å². The highest BCUT2D eigenvalue weighted by atomic mass is 16.4. The Kier molecular flexibility index (Phi) is 7.62. The zero-order chi connectivity index (χ0) is 22.3. The van der Waals surface area contributed by atoms with Gasteiger partial charge in [-0.2, -0.15) is 0 Å². The number of nitrogens with zero attached hydrogens (tertiary/aromatic N) is 1. The van der Waals surface area contributed by atoms with Crippen molar-refractivity contribution >= 4 is 40.5 Å². The number of carbonyl (C=O) groups excluding carboxylic acids is 3. The Morgan fingerprint density at radius 1 is 1.07 bits per heavy atom. The summed E-state index contributed by atoms with van der Waals surface area (Å²) in [4.78, 5) is 50.5. The maximum absolute atomic E-state index is 12.4. The van der Waals surface area contributed by atoms with Crippen LogP contribution in [0.2, 0.25) is 0 Å². The second kappa shape index (κ2) is 10.1. The number of carboxylic acids is 1. The normalized spacial score (nSPS) is 13.5. The third-order valence-electron chi connectivity index (χ3n) is 4.38. The zero-order valence-corrected chi connectivity index (χ0v) is 16.7. The number of carboxylic acid groups (broad SMARTS) is 1. The van der Waals surface area contributed by atoms with Gasteiger partial charge in [0.05, 0.1) is 23.9 Å². The Morgan fingerprint density at radius 2 is 1.70 bits per heavy atom. The number of hydrogen-bond acceptors (Lipinski definition) is 6. The summed E-state index contributed by atoms with van der Waals surface area (Å²) in [5.74, 6) is -2.36. The van der Waals surface area contributed by atoms with Crippen LogP contribution in [0, 0.1) is 0 Å². The predicted octanol–water partition coefficient (Wildman–Crippen LogP) is 0.847. The van der Waals surface area contributed by atoms with E-state index >= 15 is 0 Å². The molecule has 0 aliphatic heterocycles. The Bertz CT molecular complexity index is 970. The molecule has 0 saturated heterocycles. The fourth-order valence-corrected chi connectivity index (χ4v) is 2.79. The lowest BCUT2D eigenvalue weighted by molar-refractivity contribution is -0.139. The molecular formula is C21H24N4O5. The summed E-state index contributed by atoms with van der Waals surface area (Å²) in [6.07, 6.45) is 1.46. The lowest BCUT2D eigenvalue weighted by Crippen LogP contribution is -2.52. The van der Waals surface area contributed by atoms with Gasteiger partial charge in [-0.3, -0.25) is 19.4 Å². The van der Waals surface area contributed by atoms with E-state index in [1.807, 2.05) is 30.3 Å².